The molecular formula is C22H23F2N3O3. The molecule has 2 aromatic rings. The van der Waals surface area contributed by atoms with Crippen LogP contribution in [0.25, 0.3) is 0 Å². The number of nitrogens with zero attached hydrogens (tertiary/aromatic N) is 1. The van der Waals surface area contributed by atoms with Crippen molar-refractivity contribution in [2.75, 3.05) is 6.54 Å². The number of benzene rings is 2. The van der Waals surface area contributed by atoms with Crippen molar-refractivity contribution >= 4 is 17.8 Å². The topological polar surface area (TPSA) is 78.5 Å². The summed E-state index contributed by atoms with van der Waals surface area (Å²) in [6.45, 7) is 4.66. The van der Waals surface area contributed by atoms with E-state index in [9.17, 15) is 23.2 Å². The number of imide groups is 1. The molecule has 30 heavy (non-hydrogen) atoms. The lowest BCUT2D eigenvalue weighted by Gasteiger charge is -2.25. The van der Waals surface area contributed by atoms with Crippen molar-refractivity contribution in [1.29, 1.82) is 0 Å². The molecule has 6 nitrogen and oxygen atoms in total. The molecule has 1 aliphatic heterocycles. The molecule has 2 N–H and O–H groups in total. The third kappa shape index (κ3) is 4.03. The Labute approximate surface area is 173 Å². The minimum Gasteiger partial charge on any atom is -0.347 e. The molecule has 1 aliphatic rings. The van der Waals surface area contributed by atoms with Crippen LogP contribution in [-0.2, 0) is 15.1 Å². The first kappa shape index (κ1) is 21.4. The SMILES string of the molecule is CC(C)C(NC(=O)CN1C(=O)NC(C)(c2ccccc2F)C1=O)c1ccc(F)cc1. The molecule has 0 aliphatic carbocycles. The highest BCUT2D eigenvalue weighted by Gasteiger charge is 2.50. The van der Waals surface area contributed by atoms with E-state index in [1.165, 1.54) is 37.3 Å². The van der Waals surface area contributed by atoms with Gasteiger partial charge < -0.3 is 10.6 Å². The molecule has 2 unspecified atom stereocenters. The zero-order chi connectivity index (χ0) is 22.1. The van der Waals surface area contributed by atoms with E-state index in [1.807, 2.05) is 13.8 Å². The van der Waals surface area contributed by atoms with Crippen LogP contribution in [0.5, 0.6) is 0 Å². The summed E-state index contributed by atoms with van der Waals surface area (Å²) in [4.78, 5) is 38.7. The first-order valence-corrected chi connectivity index (χ1v) is 9.57. The maximum absolute atomic E-state index is 14.2. The number of amides is 4. The lowest BCUT2D eigenvalue weighted by molar-refractivity contribution is -0.135. The number of rotatable bonds is 6. The zero-order valence-corrected chi connectivity index (χ0v) is 16.9. The first-order chi connectivity index (χ1) is 14.1. The summed E-state index contributed by atoms with van der Waals surface area (Å²) in [7, 11) is 0. The standard InChI is InChI=1S/C22H23F2N3O3/c1-13(2)19(14-8-10-15(23)11-9-14)25-18(28)12-27-20(29)22(3,26-21(27)30)16-6-4-5-7-17(16)24/h4-11,13,19H,12H2,1-3H3,(H,25,28)(H,26,30). The summed E-state index contributed by atoms with van der Waals surface area (Å²) in [5.41, 5.74) is -0.873. The summed E-state index contributed by atoms with van der Waals surface area (Å²) in [5, 5.41) is 5.27. The molecule has 3 rings (SSSR count). The van der Waals surface area contributed by atoms with Crippen molar-refractivity contribution in [2.24, 2.45) is 5.92 Å². The van der Waals surface area contributed by atoms with Gasteiger partial charge in [-0.15, -0.1) is 0 Å². The van der Waals surface area contributed by atoms with Crippen molar-refractivity contribution < 1.29 is 23.2 Å². The van der Waals surface area contributed by atoms with Gasteiger partial charge in [0.2, 0.25) is 5.91 Å². The van der Waals surface area contributed by atoms with Crippen LogP contribution in [0.3, 0.4) is 0 Å². The number of hydrogen-bond acceptors (Lipinski definition) is 3. The second-order valence-electron chi connectivity index (χ2n) is 7.77. The van der Waals surface area contributed by atoms with E-state index in [-0.39, 0.29) is 17.3 Å². The molecule has 8 heteroatoms. The molecular weight excluding hydrogens is 392 g/mol. The predicted molar refractivity (Wildman–Crippen MR) is 106 cm³/mol. The van der Waals surface area contributed by atoms with E-state index in [0.717, 1.165) is 4.90 Å². The van der Waals surface area contributed by atoms with Crippen LogP contribution in [-0.4, -0.2) is 29.3 Å². The van der Waals surface area contributed by atoms with Crippen LogP contribution in [0.15, 0.2) is 48.5 Å². The van der Waals surface area contributed by atoms with Crippen molar-refractivity contribution in [3.05, 3.63) is 71.3 Å². The van der Waals surface area contributed by atoms with Gasteiger partial charge in [-0.3, -0.25) is 14.5 Å². The lowest BCUT2D eigenvalue weighted by Crippen LogP contribution is -2.44. The molecule has 0 spiro atoms. The first-order valence-electron chi connectivity index (χ1n) is 9.57. The highest BCUT2D eigenvalue weighted by atomic mass is 19.1. The maximum Gasteiger partial charge on any atom is 0.325 e. The van der Waals surface area contributed by atoms with Gasteiger partial charge in [0.15, 0.2) is 0 Å². The quantitative estimate of drug-likeness (QED) is 0.711. The van der Waals surface area contributed by atoms with E-state index < -0.39 is 41.8 Å². The van der Waals surface area contributed by atoms with E-state index in [0.29, 0.717) is 5.56 Å². The Kier molecular flexibility index (Phi) is 5.87. The summed E-state index contributed by atoms with van der Waals surface area (Å²) < 4.78 is 27.4. The Hall–Kier alpha value is -3.29. The molecule has 0 aromatic heterocycles. The van der Waals surface area contributed by atoms with Gasteiger partial charge >= 0.3 is 6.03 Å². The second kappa shape index (κ2) is 8.22. The summed E-state index contributed by atoms with van der Waals surface area (Å²) in [5.74, 6) is -2.31. The maximum atomic E-state index is 14.2. The van der Waals surface area contributed by atoms with Gasteiger partial charge in [0, 0.05) is 5.56 Å². The van der Waals surface area contributed by atoms with Crippen LogP contribution in [0.1, 0.15) is 37.9 Å². The van der Waals surface area contributed by atoms with Crippen molar-refractivity contribution in [1.82, 2.24) is 15.5 Å². The van der Waals surface area contributed by atoms with Crippen molar-refractivity contribution in [2.45, 2.75) is 32.4 Å². The van der Waals surface area contributed by atoms with Crippen LogP contribution in [0.2, 0.25) is 0 Å². The fraction of sp³-hybridized carbons (Fsp3) is 0.318. The summed E-state index contributed by atoms with van der Waals surface area (Å²) in [6.07, 6.45) is 0. The molecule has 0 bridgehead atoms. The van der Waals surface area contributed by atoms with Gasteiger partial charge in [-0.25, -0.2) is 13.6 Å². The minimum atomic E-state index is -1.60. The Bertz CT molecular complexity index is 978. The van der Waals surface area contributed by atoms with E-state index in [4.69, 9.17) is 0 Å². The molecule has 1 saturated heterocycles. The number of halogens is 2. The van der Waals surface area contributed by atoms with Gasteiger partial charge in [-0.05, 0) is 36.6 Å². The normalized spacial score (nSPS) is 19.7. The number of carbonyl (C=O) groups excluding carboxylic acids is 3. The van der Waals surface area contributed by atoms with E-state index in [1.54, 1.807) is 18.2 Å². The Morgan fingerprint density at radius 3 is 2.33 bits per heavy atom. The fourth-order valence-electron chi connectivity index (χ4n) is 3.56. The fourth-order valence-corrected chi connectivity index (χ4v) is 3.56. The van der Waals surface area contributed by atoms with Gasteiger partial charge in [0.25, 0.3) is 5.91 Å². The van der Waals surface area contributed by atoms with Gasteiger partial charge in [0.1, 0.15) is 23.7 Å². The number of hydrogen-bond donors (Lipinski definition) is 2. The zero-order valence-electron chi connectivity index (χ0n) is 16.9. The average molecular weight is 415 g/mol. The Morgan fingerprint density at radius 2 is 1.73 bits per heavy atom. The lowest BCUT2D eigenvalue weighted by atomic mass is 9.91. The van der Waals surface area contributed by atoms with Crippen LogP contribution in [0.4, 0.5) is 13.6 Å². The van der Waals surface area contributed by atoms with Gasteiger partial charge in [-0.2, -0.15) is 0 Å². The molecule has 158 valence electrons. The van der Waals surface area contributed by atoms with Crippen LogP contribution in [0, 0.1) is 17.6 Å². The molecule has 2 atom stereocenters. The minimum absolute atomic E-state index is 0.0220. The van der Waals surface area contributed by atoms with Crippen LogP contribution < -0.4 is 10.6 Å². The number of urea groups is 1. The molecule has 2 aromatic carbocycles. The molecule has 4 amide bonds. The monoisotopic (exact) mass is 415 g/mol. The van der Waals surface area contributed by atoms with Crippen molar-refractivity contribution in [3.63, 3.8) is 0 Å². The molecule has 0 saturated carbocycles. The molecule has 1 heterocycles. The summed E-state index contributed by atoms with van der Waals surface area (Å²) >= 11 is 0. The number of carbonyl (C=O) groups is 3. The van der Waals surface area contributed by atoms with E-state index >= 15 is 0 Å². The third-order valence-corrected chi connectivity index (χ3v) is 5.20. The second-order valence-corrected chi connectivity index (χ2v) is 7.77. The predicted octanol–water partition coefficient (Wildman–Crippen LogP) is 3.25. The highest BCUT2D eigenvalue weighted by molar-refractivity contribution is 6.09. The van der Waals surface area contributed by atoms with Crippen molar-refractivity contribution in [3.8, 4) is 0 Å². The number of nitrogens with one attached hydrogen (secondary N) is 2. The van der Waals surface area contributed by atoms with Crippen LogP contribution >= 0.6 is 0 Å². The average Bonchev–Trinajstić information content (AvgIpc) is 2.91. The third-order valence-electron chi connectivity index (χ3n) is 5.20. The smallest absolute Gasteiger partial charge is 0.325 e. The van der Waals surface area contributed by atoms with Gasteiger partial charge in [0.05, 0.1) is 6.04 Å². The van der Waals surface area contributed by atoms with E-state index in [2.05, 4.69) is 10.6 Å². The van der Waals surface area contributed by atoms with Gasteiger partial charge in [-0.1, -0.05) is 44.2 Å². The highest BCUT2D eigenvalue weighted by Crippen LogP contribution is 2.30. The largest absolute Gasteiger partial charge is 0.347 e. The molecule has 0 radical (unpaired) electrons. The Balaban J connectivity index is 1.76. The Morgan fingerprint density at radius 1 is 1.10 bits per heavy atom. The summed E-state index contributed by atoms with van der Waals surface area (Å²) in [6, 6.07) is 10.2. The molecule has 1 fully saturated rings.